The van der Waals surface area contributed by atoms with E-state index in [1.807, 2.05) is 30.5 Å². The van der Waals surface area contributed by atoms with Crippen LogP contribution < -0.4 is 5.73 Å². The van der Waals surface area contributed by atoms with Gasteiger partial charge in [-0.05, 0) is 23.6 Å². The van der Waals surface area contributed by atoms with E-state index in [0.717, 1.165) is 10.9 Å². The Labute approximate surface area is 86.1 Å². The number of carbonyl (C=O) groups is 1. The molecule has 0 radical (unpaired) electrons. The van der Waals surface area contributed by atoms with Crippen LogP contribution >= 0.6 is 11.6 Å². The third-order valence-corrected chi connectivity index (χ3v) is 2.30. The fourth-order valence-electron chi connectivity index (χ4n) is 1.46. The first-order chi connectivity index (χ1) is 6.66. The van der Waals surface area contributed by atoms with Gasteiger partial charge in [-0.25, -0.2) is 0 Å². The second-order valence-electron chi connectivity index (χ2n) is 3.11. The topological polar surface area (TPSA) is 48.0 Å². The Kier molecular flexibility index (Phi) is 2.17. The Morgan fingerprint density at radius 3 is 2.93 bits per heavy atom. The fraction of sp³-hybridized carbons (Fsp3) is 0.100. The lowest BCUT2D eigenvalue weighted by atomic mass is 10.2. The molecule has 0 unspecified atom stereocenters. The quantitative estimate of drug-likeness (QED) is 0.804. The Bertz CT molecular complexity index is 490. The first-order valence-corrected chi connectivity index (χ1v) is 4.57. The van der Waals surface area contributed by atoms with Gasteiger partial charge in [-0.3, -0.25) is 4.79 Å². The Morgan fingerprint density at radius 1 is 1.43 bits per heavy atom. The standard InChI is InChI=1S/C10H9ClN2O/c11-8-2-1-7-3-4-13(6-10(12)14)9(7)5-8/h1-5H,6H2,(H2,12,14). The molecule has 0 bridgehead atoms. The number of halogens is 1. The molecule has 3 nitrogen and oxygen atoms in total. The Morgan fingerprint density at radius 2 is 2.21 bits per heavy atom. The van der Waals surface area contributed by atoms with E-state index in [-0.39, 0.29) is 12.5 Å². The van der Waals surface area contributed by atoms with E-state index in [1.54, 1.807) is 4.57 Å². The van der Waals surface area contributed by atoms with Gasteiger partial charge in [0.05, 0.1) is 0 Å². The van der Waals surface area contributed by atoms with Gasteiger partial charge >= 0.3 is 0 Å². The summed E-state index contributed by atoms with van der Waals surface area (Å²) in [4.78, 5) is 10.8. The van der Waals surface area contributed by atoms with Crippen molar-refractivity contribution in [3.63, 3.8) is 0 Å². The summed E-state index contributed by atoms with van der Waals surface area (Å²) in [6.45, 7) is 0.184. The Hall–Kier alpha value is -1.48. The van der Waals surface area contributed by atoms with Gasteiger partial charge in [0.25, 0.3) is 0 Å². The normalized spacial score (nSPS) is 10.6. The number of amides is 1. The lowest BCUT2D eigenvalue weighted by Gasteiger charge is -2.01. The van der Waals surface area contributed by atoms with Gasteiger partial charge < -0.3 is 10.3 Å². The van der Waals surface area contributed by atoms with Crippen LogP contribution in [0.5, 0.6) is 0 Å². The van der Waals surface area contributed by atoms with Gasteiger partial charge in [0.1, 0.15) is 6.54 Å². The third kappa shape index (κ3) is 1.59. The van der Waals surface area contributed by atoms with Crippen LogP contribution in [0.1, 0.15) is 0 Å². The highest BCUT2D eigenvalue weighted by molar-refractivity contribution is 6.31. The highest BCUT2D eigenvalue weighted by atomic mass is 35.5. The molecule has 0 aliphatic rings. The number of aromatic nitrogens is 1. The average Bonchev–Trinajstić information content (AvgIpc) is 2.47. The zero-order valence-electron chi connectivity index (χ0n) is 7.40. The monoisotopic (exact) mass is 208 g/mol. The Balaban J connectivity index is 2.55. The molecule has 0 aliphatic carbocycles. The molecule has 1 aromatic heterocycles. The summed E-state index contributed by atoms with van der Waals surface area (Å²) in [7, 11) is 0. The van der Waals surface area contributed by atoms with Crippen LogP contribution in [-0.2, 0) is 11.3 Å². The lowest BCUT2D eigenvalue weighted by molar-refractivity contribution is -0.118. The van der Waals surface area contributed by atoms with E-state index < -0.39 is 0 Å². The molecule has 4 heteroatoms. The fourth-order valence-corrected chi connectivity index (χ4v) is 1.63. The second kappa shape index (κ2) is 3.35. The molecule has 1 amide bonds. The minimum Gasteiger partial charge on any atom is -0.368 e. The highest BCUT2D eigenvalue weighted by Crippen LogP contribution is 2.20. The van der Waals surface area contributed by atoms with Crippen molar-refractivity contribution < 1.29 is 4.79 Å². The van der Waals surface area contributed by atoms with Crippen molar-refractivity contribution in [2.24, 2.45) is 5.73 Å². The number of nitrogens with two attached hydrogens (primary N) is 1. The molecule has 0 aliphatic heterocycles. The van der Waals surface area contributed by atoms with E-state index in [2.05, 4.69) is 0 Å². The second-order valence-corrected chi connectivity index (χ2v) is 3.55. The van der Waals surface area contributed by atoms with E-state index in [9.17, 15) is 4.79 Å². The first-order valence-electron chi connectivity index (χ1n) is 4.19. The first kappa shape index (κ1) is 9.09. The van der Waals surface area contributed by atoms with Crippen LogP contribution in [0.15, 0.2) is 30.5 Å². The predicted octanol–water partition coefficient (Wildman–Crippen LogP) is 1.78. The number of carbonyl (C=O) groups excluding carboxylic acids is 1. The summed E-state index contributed by atoms with van der Waals surface area (Å²) in [5.41, 5.74) is 6.05. The van der Waals surface area contributed by atoms with Crippen molar-refractivity contribution in [2.75, 3.05) is 0 Å². The smallest absolute Gasteiger partial charge is 0.237 e. The molecule has 1 heterocycles. The molecule has 0 atom stereocenters. The summed E-state index contributed by atoms with van der Waals surface area (Å²) < 4.78 is 1.78. The number of benzene rings is 1. The molecule has 0 saturated heterocycles. The number of nitrogens with zero attached hydrogens (tertiary/aromatic N) is 1. The van der Waals surface area contributed by atoms with E-state index in [0.29, 0.717) is 5.02 Å². The summed E-state index contributed by atoms with van der Waals surface area (Å²) in [6.07, 6.45) is 1.83. The average molecular weight is 209 g/mol. The summed E-state index contributed by atoms with van der Waals surface area (Å²) in [5, 5.41) is 1.71. The van der Waals surface area contributed by atoms with E-state index in [4.69, 9.17) is 17.3 Å². The molecular formula is C10H9ClN2O. The van der Waals surface area contributed by atoms with Crippen molar-refractivity contribution in [2.45, 2.75) is 6.54 Å². The molecule has 0 spiro atoms. The number of fused-ring (bicyclic) bond motifs is 1. The SMILES string of the molecule is NC(=O)Cn1ccc2ccc(Cl)cc21. The maximum atomic E-state index is 10.8. The third-order valence-electron chi connectivity index (χ3n) is 2.06. The van der Waals surface area contributed by atoms with Crippen molar-refractivity contribution in [1.29, 1.82) is 0 Å². The van der Waals surface area contributed by atoms with Crippen LogP contribution in [-0.4, -0.2) is 10.5 Å². The minimum absolute atomic E-state index is 0.184. The number of hydrogen-bond donors (Lipinski definition) is 1. The van der Waals surface area contributed by atoms with Gasteiger partial charge in [-0.1, -0.05) is 17.7 Å². The van der Waals surface area contributed by atoms with Crippen molar-refractivity contribution in [3.8, 4) is 0 Å². The molecule has 14 heavy (non-hydrogen) atoms. The summed E-state index contributed by atoms with van der Waals surface area (Å²) in [6, 6.07) is 7.47. The molecule has 1 aromatic carbocycles. The van der Waals surface area contributed by atoms with Gasteiger partial charge in [0.2, 0.25) is 5.91 Å². The molecule has 72 valence electrons. The molecule has 2 aromatic rings. The molecule has 0 saturated carbocycles. The zero-order chi connectivity index (χ0) is 10.1. The highest BCUT2D eigenvalue weighted by Gasteiger charge is 2.03. The van der Waals surface area contributed by atoms with Gasteiger partial charge in [-0.2, -0.15) is 0 Å². The van der Waals surface area contributed by atoms with Crippen LogP contribution in [0.2, 0.25) is 5.02 Å². The number of primary amides is 1. The maximum absolute atomic E-state index is 10.8. The van der Waals surface area contributed by atoms with E-state index in [1.165, 1.54) is 0 Å². The molecule has 2 rings (SSSR count). The zero-order valence-corrected chi connectivity index (χ0v) is 8.16. The van der Waals surface area contributed by atoms with Gasteiger partial charge in [0.15, 0.2) is 0 Å². The van der Waals surface area contributed by atoms with Crippen molar-refractivity contribution in [3.05, 3.63) is 35.5 Å². The minimum atomic E-state index is -0.359. The lowest BCUT2D eigenvalue weighted by Crippen LogP contribution is -2.17. The van der Waals surface area contributed by atoms with E-state index >= 15 is 0 Å². The van der Waals surface area contributed by atoms with Crippen molar-refractivity contribution in [1.82, 2.24) is 4.57 Å². The maximum Gasteiger partial charge on any atom is 0.237 e. The summed E-state index contributed by atoms with van der Waals surface area (Å²) >= 11 is 5.85. The van der Waals surface area contributed by atoms with Crippen LogP contribution in [0.4, 0.5) is 0 Å². The van der Waals surface area contributed by atoms with Gasteiger partial charge in [0, 0.05) is 16.7 Å². The van der Waals surface area contributed by atoms with Crippen molar-refractivity contribution >= 4 is 28.4 Å². The largest absolute Gasteiger partial charge is 0.368 e. The molecule has 0 fully saturated rings. The van der Waals surface area contributed by atoms with Gasteiger partial charge in [-0.15, -0.1) is 0 Å². The summed E-state index contributed by atoms with van der Waals surface area (Å²) in [5.74, 6) is -0.359. The van der Waals surface area contributed by atoms with Crippen LogP contribution in [0.25, 0.3) is 10.9 Å². The number of hydrogen-bond acceptors (Lipinski definition) is 1. The van der Waals surface area contributed by atoms with Crippen LogP contribution in [0, 0.1) is 0 Å². The predicted molar refractivity (Wildman–Crippen MR) is 56.1 cm³/mol. The molecule has 2 N–H and O–H groups in total. The molecular weight excluding hydrogens is 200 g/mol. The van der Waals surface area contributed by atoms with Crippen LogP contribution in [0.3, 0.4) is 0 Å². The number of rotatable bonds is 2.